The summed E-state index contributed by atoms with van der Waals surface area (Å²) < 4.78 is 5.37. The molecule has 0 aromatic heterocycles. The molecule has 0 aliphatic heterocycles. The lowest BCUT2D eigenvalue weighted by Gasteiger charge is -2.20. The summed E-state index contributed by atoms with van der Waals surface area (Å²) in [6, 6.07) is 11.3. The van der Waals surface area contributed by atoms with Crippen LogP contribution in [0.25, 0.3) is 0 Å². The summed E-state index contributed by atoms with van der Waals surface area (Å²) in [7, 11) is 3.68. The standard InChI is InChI=1S/C20H23NO4/c1-20(2,3)25-19(24)15-9-7-6-8-14(15)18(23)16-11-10-13(21(4)5)12-17(16)22/h6-12,22H,1-5H3. The minimum absolute atomic E-state index is 0.129. The molecule has 0 radical (unpaired) electrons. The Labute approximate surface area is 147 Å². The highest BCUT2D eigenvalue weighted by Crippen LogP contribution is 2.27. The van der Waals surface area contributed by atoms with Crippen molar-refractivity contribution < 1.29 is 19.4 Å². The first-order valence-electron chi connectivity index (χ1n) is 7.97. The van der Waals surface area contributed by atoms with Crippen LogP contribution in [0.5, 0.6) is 5.75 Å². The number of phenolic OH excluding ortho intramolecular Hbond substituents is 1. The number of phenols is 1. The Morgan fingerprint density at radius 2 is 1.56 bits per heavy atom. The molecule has 0 bridgehead atoms. The number of hydrogen-bond acceptors (Lipinski definition) is 5. The largest absolute Gasteiger partial charge is 0.507 e. The number of ketones is 1. The summed E-state index contributed by atoms with van der Waals surface area (Å²) in [6.07, 6.45) is 0. The van der Waals surface area contributed by atoms with Crippen LogP contribution in [0.2, 0.25) is 0 Å². The van der Waals surface area contributed by atoms with E-state index in [1.54, 1.807) is 57.2 Å². The third-order valence-corrected chi connectivity index (χ3v) is 3.53. The molecule has 0 unspecified atom stereocenters. The van der Waals surface area contributed by atoms with Gasteiger partial charge in [-0.05, 0) is 39.0 Å². The Morgan fingerprint density at radius 3 is 2.08 bits per heavy atom. The average Bonchev–Trinajstić information content (AvgIpc) is 2.52. The van der Waals surface area contributed by atoms with Gasteiger partial charge >= 0.3 is 5.97 Å². The maximum atomic E-state index is 12.9. The molecule has 0 heterocycles. The summed E-state index contributed by atoms with van der Waals surface area (Å²) >= 11 is 0. The highest BCUT2D eigenvalue weighted by Gasteiger charge is 2.24. The van der Waals surface area contributed by atoms with Crippen LogP contribution < -0.4 is 4.90 Å². The Kier molecular flexibility index (Phi) is 5.16. The van der Waals surface area contributed by atoms with Gasteiger partial charge in [-0.25, -0.2) is 4.79 Å². The van der Waals surface area contributed by atoms with E-state index in [0.29, 0.717) is 0 Å². The third kappa shape index (κ3) is 4.38. The normalized spacial score (nSPS) is 11.1. The zero-order valence-electron chi connectivity index (χ0n) is 15.2. The minimum atomic E-state index is -0.664. The van der Waals surface area contributed by atoms with Gasteiger partial charge in [0.15, 0.2) is 5.78 Å². The fourth-order valence-corrected chi connectivity index (χ4v) is 2.33. The smallest absolute Gasteiger partial charge is 0.339 e. The van der Waals surface area contributed by atoms with Gasteiger partial charge in [0.2, 0.25) is 0 Å². The van der Waals surface area contributed by atoms with Gasteiger partial charge in [0.05, 0.1) is 11.1 Å². The van der Waals surface area contributed by atoms with Crippen LogP contribution in [0.3, 0.4) is 0 Å². The Balaban J connectivity index is 2.43. The van der Waals surface area contributed by atoms with Crippen LogP contribution in [0, 0.1) is 0 Å². The van der Waals surface area contributed by atoms with Gasteiger partial charge in [-0.2, -0.15) is 0 Å². The van der Waals surface area contributed by atoms with Crippen LogP contribution in [0.15, 0.2) is 42.5 Å². The Bertz CT molecular complexity index is 804. The second kappa shape index (κ2) is 6.97. The predicted octanol–water partition coefficient (Wildman–Crippen LogP) is 3.64. The van der Waals surface area contributed by atoms with E-state index in [-0.39, 0.29) is 22.4 Å². The molecule has 0 saturated heterocycles. The molecule has 1 N–H and O–H groups in total. The zero-order chi connectivity index (χ0) is 18.8. The van der Waals surface area contributed by atoms with E-state index in [9.17, 15) is 14.7 Å². The lowest BCUT2D eigenvalue weighted by molar-refractivity contribution is 0.00679. The van der Waals surface area contributed by atoms with Crippen molar-refractivity contribution in [3.8, 4) is 5.75 Å². The van der Waals surface area contributed by atoms with Crippen LogP contribution in [0.4, 0.5) is 5.69 Å². The summed E-state index contributed by atoms with van der Waals surface area (Å²) in [5, 5.41) is 10.2. The van der Waals surface area contributed by atoms with E-state index >= 15 is 0 Å². The lowest BCUT2D eigenvalue weighted by atomic mass is 9.97. The van der Waals surface area contributed by atoms with Crippen molar-refractivity contribution in [1.82, 2.24) is 0 Å². The fraction of sp³-hybridized carbons (Fsp3) is 0.300. The summed E-state index contributed by atoms with van der Waals surface area (Å²) in [6.45, 7) is 5.30. The maximum Gasteiger partial charge on any atom is 0.339 e. The first kappa shape index (κ1) is 18.5. The molecule has 0 amide bonds. The zero-order valence-corrected chi connectivity index (χ0v) is 15.2. The van der Waals surface area contributed by atoms with Crippen LogP contribution in [-0.4, -0.2) is 36.6 Å². The van der Waals surface area contributed by atoms with Gasteiger partial charge < -0.3 is 14.7 Å². The van der Waals surface area contributed by atoms with Gasteiger partial charge in [0, 0.05) is 31.4 Å². The van der Waals surface area contributed by atoms with Crippen LogP contribution in [-0.2, 0) is 4.74 Å². The van der Waals surface area contributed by atoms with Crippen molar-refractivity contribution in [1.29, 1.82) is 0 Å². The molecule has 0 atom stereocenters. The molecular weight excluding hydrogens is 318 g/mol. The Morgan fingerprint density at radius 1 is 0.960 bits per heavy atom. The van der Waals surface area contributed by atoms with Crippen molar-refractivity contribution in [2.45, 2.75) is 26.4 Å². The van der Waals surface area contributed by atoms with E-state index in [4.69, 9.17) is 4.74 Å². The molecule has 0 spiro atoms. The number of carbonyl (C=O) groups is 2. The first-order chi connectivity index (χ1) is 11.6. The topological polar surface area (TPSA) is 66.8 Å². The molecule has 5 nitrogen and oxygen atoms in total. The number of rotatable bonds is 4. The second-order valence-corrected chi connectivity index (χ2v) is 6.97. The number of nitrogens with zero attached hydrogens (tertiary/aromatic N) is 1. The number of benzene rings is 2. The molecule has 0 fully saturated rings. The molecule has 5 heteroatoms. The Hall–Kier alpha value is -2.82. The molecular formula is C20H23NO4. The molecule has 2 rings (SSSR count). The van der Waals surface area contributed by atoms with E-state index in [1.165, 1.54) is 6.07 Å². The van der Waals surface area contributed by atoms with Crippen LogP contribution in [0.1, 0.15) is 47.1 Å². The molecule has 0 aliphatic rings. The quantitative estimate of drug-likeness (QED) is 0.679. The number of anilines is 1. The number of carbonyl (C=O) groups excluding carboxylic acids is 2. The monoisotopic (exact) mass is 341 g/mol. The maximum absolute atomic E-state index is 12.9. The molecule has 2 aromatic carbocycles. The molecule has 0 saturated carbocycles. The van der Waals surface area contributed by atoms with Gasteiger partial charge in [-0.3, -0.25) is 4.79 Å². The number of hydrogen-bond donors (Lipinski definition) is 1. The van der Waals surface area contributed by atoms with Gasteiger partial charge in [0.1, 0.15) is 11.4 Å². The average molecular weight is 341 g/mol. The van der Waals surface area contributed by atoms with Crippen LogP contribution >= 0.6 is 0 Å². The third-order valence-electron chi connectivity index (χ3n) is 3.53. The van der Waals surface area contributed by atoms with Crippen molar-refractivity contribution in [2.75, 3.05) is 19.0 Å². The van der Waals surface area contributed by atoms with Gasteiger partial charge in [0.25, 0.3) is 0 Å². The predicted molar refractivity (Wildman–Crippen MR) is 97.5 cm³/mol. The summed E-state index contributed by atoms with van der Waals surface area (Å²) in [5.74, 6) is -1.12. The van der Waals surface area contributed by atoms with E-state index in [1.807, 2.05) is 19.0 Å². The summed E-state index contributed by atoms with van der Waals surface area (Å²) in [4.78, 5) is 27.1. The molecule has 25 heavy (non-hydrogen) atoms. The highest BCUT2D eigenvalue weighted by molar-refractivity contribution is 6.15. The number of aromatic hydroxyl groups is 1. The second-order valence-electron chi connectivity index (χ2n) is 6.97. The van der Waals surface area contributed by atoms with Crippen molar-refractivity contribution in [3.05, 3.63) is 59.2 Å². The van der Waals surface area contributed by atoms with E-state index < -0.39 is 17.4 Å². The van der Waals surface area contributed by atoms with E-state index in [0.717, 1.165) is 5.69 Å². The number of ether oxygens (including phenoxy) is 1. The van der Waals surface area contributed by atoms with E-state index in [2.05, 4.69) is 0 Å². The van der Waals surface area contributed by atoms with Crippen molar-refractivity contribution in [3.63, 3.8) is 0 Å². The SMILES string of the molecule is CN(C)c1ccc(C(=O)c2ccccc2C(=O)OC(C)(C)C)c(O)c1. The lowest BCUT2D eigenvalue weighted by Crippen LogP contribution is -2.25. The minimum Gasteiger partial charge on any atom is -0.507 e. The highest BCUT2D eigenvalue weighted by atomic mass is 16.6. The van der Waals surface area contributed by atoms with Crippen molar-refractivity contribution >= 4 is 17.4 Å². The fourth-order valence-electron chi connectivity index (χ4n) is 2.33. The van der Waals surface area contributed by atoms with Gasteiger partial charge in [-0.15, -0.1) is 0 Å². The number of esters is 1. The summed E-state index contributed by atoms with van der Waals surface area (Å²) in [5.41, 5.74) is 0.627. The van der Waals surface area contributed by atoms with Crippen molar-refractivity contribution in [2.24, 2.45) is 0 Å². The van der Waals surface area contributed by atoms with Gasteiger partial charge in [-0.1, -0.05) is 18.2 Å². The molecule has 2 aromatic rings. The molecule has 0 aliphatic carbocycles. The molecule has 132 valence electrons. The first-order valence-corrected chi connectivity index (χ1v) is 7.97.